The van der Waals surface area contributed by atoms with Crippen molar-refractivity contribution >= 4 is 28.1 Å². The molecule has 2 rings (SSSR count). The molecule has 0 fully saturated rings. The van der Waals surface area contributed by atoms with Crippen molar-refractivity contribution in [1.82, 2.24) is 5.43 Å². The normalized spacial score (nSPS) is 10.6. The summed E-state index contributed by atoms with van der Waals surface area (Å²) < 4.78 is 17.0. The Morgan fingerprint density at radius 2 is 1.77 bits per heavy atom. The van der Waals surface area contributed by atoms with Crippen LogP contribution in [0.1, 0.15) is 29.8 Å². The number of halogens is 1. The van der Waals surface area contributed by atoms with E-state index in [1.807, 2.05) is 32.0 Å². The zero-order chi connectivity index (χ0) is 18.9. The van der Waals surface area contributed by atoms with Crippen molar-refractivity contribution < 1.29 is 19.0 Å². The minimum absolute atomic E-state index is 0.335. The number of amides is 1. The first-order chi connectivity index (χ1) is 12.6. The molecule has 0 aliphatic rings. The van der Waals surface area contributed by atoms with Gasteiger partial charge >= 0.3 is 0 Å². The van der Waals surface area contributed by atoms with Gasteiger partial charge in [-0.1, -0.05) is 0 Å². The minimum atomic E-state index is -0.335. The van der Waals surface area contributed by atoms with Crippen LogP contribution in [0.4, 0.5) is 0 Å². The van der Waals surface area contributed by atoms with Crippen LogP contribution in [0.25, 0.3) is 0 Å². The molecule has 26 heavy (non-hydrogen) atoms. The molecule has 0 spiro atoms. The molecule has 0 heterocycles. The van der Waals surface area contributed by atoms with Crippen molar-refractivity contribution in [2.24, 2.45) is 5.10 Å². The van der Waals surface area contributed by atoms with Crippen molar-refractivity contribution in [2.45, 2.75) is 13.8 Å². The Kier molecular flexibility index (Phi) is 7.47. The first kappa shape index (κ1) is 19.8. The Hall–Kier alpha value is -2.54. The van der Waals surface area contributed by atoms with Gasteiger partial charge in [-0.25, -0.2) is 5.43 Å². The third-order valence-electron chi connectivity index (χ3n) is 3.36. The highest BCUT2D eigenvalue weighted by Crippen LogP contribution is 2.28. The van der Waals surface area contributed by atoms with Crippen LogP contribution in [0.15, 0.2) is 46.0 Å². The van der Waals surface area contributed by atoms with E-state index in [1.165, 1.54) is 0 Å². The average molecular weight is 421 g/mol. The number of carbonyl (C=O) groups is 1. The van der Waals surface area contributed by atoms with Gasteiger partial charge in [0.05, 0.1) is 31.0 Å². The number of hydrogen-bond donors (Lipinski definition) is 1. The number of nitrogens with one attached hydrogen (secondary N) is 1. The second kappa shape index (κ2) is 9.82. The summed E-state index contributed by atoms with van der Waals surface area (Å²) in [6.45, 7) is 4.77. The van der Waals surface area contributed by atoms with Gasteiger partial charge in [0.25, 0.3) is 5.91 Å². The number of rotatable bonds is 8. The molecular weight excluding hydrogens is 400 g/mol. The Bertz CT molecular complexity index is 793. The van der Waals surface area contributed by atoms with Crippen molar-refractivity contribution in [1.29, 1.82) is 0 Å². The zero-order valence-electron chi connectivity index (χ0n) is 14.9. The largest absolute Gasteiger partial charge is 0.496 e. The molecule has 0 aromatic heterocycles. The minimum Gasteiger partial charge on any atom is -0.496 e. The summed E-state index contributed by atoms with van der Waals surface area (Å²) in [5, 5.41) is 3.99. The van der Waals surface area contributed by atoms with E-state index < -0.39 is 0 Å². The van der Waals surface area contributed by atoms with Crippen LogP contribution in [0.3, 0.4) is 0 Å². The standard InChI is InChI=1S/C19H21BrN2O4/c1-4-25-17-9-7-14(11-18(17)26-5-2)19(23)22-21-12-13-6-8-16(24-3)15(20)10-13/h6-12H,4-5H2,1-3H3,(H,22,23)/b21-12+. The highest BCUT2D eigenvalue weighted by Gasteiger charge is 2.11. The van der Waals surface area contributed by atoms with Crippen molar-refractivity contribution in [3.05, 3.63) is 52.0 Å². The SMILES string of the molecule is CCOc1ccc(C(=O)N/N=C/c2ccc(OC)c(Br)c2)cc1OCC. The number of methoxy groups -OCH3 is 1. The maximum Gasteiger partial charge on any atom is 0.271 e. The first-order valence-corrected chi connectivity index (χ1v) is 8.94. The van der Waals surface area contributed by atoms with Gasteiger partial charge in [0.1, 0.15) is 5.75 Å². The molecule has 0 aliphatic carbocycles. The Labute approximate surface area is 161 Å². The van der Waals surface area contributed by atoms with Gasteiger partial charge < -0.3 is 14.2 Å². The maximum atomic E-state index is 12.3. The van der Waals surface area contributed by atoms with Gasteiger partial charge in [-0.3, -0.25) is 4.79 Å². The molecule has 138 valence electrons. The number of hydrazone groups is 1. The van der Waals surface area contributed by atoms with E-state index in [1.54, 1.807) is 31.5 Å². The third kappa shape index (κ3) is 5.23. The fraction of sp³-hybridized carbons (Fsp3) is 0.263. The predicted molar refractivity (Wildman–Crippen MR) is 105 cm³/mol. The smallest absolute Gasteiger partial charge is 0.271 e. The Morgan fingerprint density at radius 3 is 2.42 bits per heavy atom. The van der Waals surface area contributed by atoms with Crippen molar-refractivity contribution in [3.63, 3.8) is 0 Å². The van der Waals surface area contributed by atoms with E-state index in [0.717, 1.165) is 15.8 Å². The van der Waals surface area contributed by atoms with E-state index in [0.29, 0.717) is 30.3 Å². The van der Waals surface area contributed by atoms with Crippen molar-refractivity contribution in [2.75, 3.05) is 20.3 Å². The van der Waals surface area contributed by atoms with Gasteiger partial charge in [0.2, 0.25) is 0 Å². The summed E-state index contributed by atoms with van der Waals surface area (Å²) in [4.78, 5) is 12.3. The lowest BCUT2D eigenvalue weighted by Crippen LogP contribution is -2.17. The molecule has 1 N–H and O–H groups in total. The number of nitrogens with zero attached hydrogens (tertiary/aromatic N) is 1. The molecule has 2 aromatic rings. The topological polar surface area (TPSA) is 69.2 Å². The molecular formula is C19H21BrN2O4. The van der Waals surface area contributed by atoms with Gasteiger partial charge in [-0.15, -0.1) is 0 Å². The van der Waals surface area contributed by atoms with Crippen LogP contribution in [0.2, 0.25) is 0 Å². The monoisotopic (exact) mass is 420 g/mol. The second-order valence-corrected chi connectivity index (χ2v) is 5.97. The van der Waals surface area contributed by atoms with Crippen LogP contribution in [0, 0.1) is 0 Å². The summed E-state index contributed by atoms with van der Waals surface area (Å²) in [7, 11) is 1.60. The van der Waals surface area contributed by atoms with Gasteiger partial charge in [-0.2, -0.15) is 5.10 Å². The summed E-state index contributed by atoms with van der Waals surface area (Å²) in [5.41, 5.74) is 3.76. The lowest BCUT2D eigenvalue weighted by molar-refractivity contribution is 0.0954. The number of benzene rings is 2. The van der Waals surface area contributed by atoms with E-state index in [-0.39, 0.29) is 5.91 Å². The summed E-state index contributed by atoms with van der Waals surface area (Å²) in [6, 6.07) is 10.5. The predicted octanol–water partition coefficient (Wildman–Crippen LogP) is 4.02. The lowest BCUT2D eigenvalue weighted by Gasteiger charge is -2.11. The zero-order valence-corrected chi connectivity index (χ0v) is 16.5. The number of carbonyl (C=O) groups excluding carboxylic acids is 1. The fourth-order valence-corrected chi connectivity index (χ4v) is 2.74. The Morgan fingerprint density at radius 1 is 1.08 bits per heavy atom. The summed E-state index contributed by atoms with van der Waals surface area (Å²) in [5.74, 6) is 1.53. The molecule has 0 radical (unpaired) electrons. The summed E-state index contributed by atoms with van der Waals surface area (Å²) in [6.07, 6.45) is 1.56. The molecule has 0 saturated heterocycles. The molecule has 1 amide bonds. The molecule has 0 aliphatic heterocycles. The van der Waals surface area contributed by atoms with Crippen LogP contribution in [-0.4, -0.2) is 32.4 Å². The Balaban J connectivity index is 2.07. The van der Waals surface area contributed by atoms with Crippen molar-refractivity contribution in [3.8, 4) is 17.2 Å². The third-order valence-corrected chi connectivity index (χ3v) is 3.98. The molecule has 6 nitrogen and oxygen atoms in total. The highest BCUT2D eigenvalue weighted by molar-refractivity contribution is 9.10. The fourth-order valence-electron chi connectivity index (χ4n) is 2.19. The molecule has 0 atom stereocenters. The van der Waals surface area contributed by atoms with Gasteiger partial charge in [0.15, 0.2) is 11.5 Å². The van der Waals surface area contributed by atoms with Crippen LogP contribution in [0.5, 0.6) is 17.2 Å². The molecule has 0 saturated carbocycles. The van der Waals surface area contributed by atoms with Crippen LogP contribution < -0.4 is 19.6 Å². The van der Waals surface area contributed by atoms with Crippen LogP contribution >= 0.6 is 15.9 Å². The van der Waals surface area contributed by atoms with Gasteiger partial charge in [-0.05, 0) is 71.7 Å². The van der Waals surface area contributed by atoms with E-state index >= 15 is 0 Å². The molecule has 0 bridgehead atoms. The summed E-state index contributed by atoms with van der Waals surface area (Å²) >= 11 is 3.41. The lowest BCUT2D eigenvalue weighted by atomic mass is 10.2. The van der Waals surface area contributed by atoms with E-state index in [2.05, 4.69) is 26.5 Å². The highest BCUT2D eigenvalue weighted by atomic mass is 79.9. The molecule has 2 aromatic carbocycles. The number of hydrogen-bond acceptors (Lipinski definition) is 5. The first-order valence-electron chi connectivity index (χ1n) is 8.15. The quantitative estimate of drug-likeness (QED) is 0.517. The van der Waals surface area contributed by atoms with E-state index in [4.69, 9.17) is 14.2 Å². The van der Waals surface area contributed by atoms with Gasteiger partial charge in [0, 0.05) is 5.56 Å². The number of ether oxygens (including phenoxy) is 3. The maximum absolute atomic E-state index is 12.3. The molecule has 0 unspecified atom stereocenters. The van der Waals surface area contributed by atoms with E-state index in [9.17, 15) is 4.79 Å². The average Bonchev–Trinajstić information content (AvgIpc) is 2.63. The second-order valence-electron chi connectivity index (χ2n) is 5.12. The van der Waals surface area contributed by atoms with Crippen LogP contribution in [-0.2, 0) is 0 Å². The molecule has 7 heteroatoms.